The van der Waals surface area contributed by atoms with Gasteiger partial charge < -0.3 is 14.8 Å². The Bertz CT molecular complexity index is 1030. The fourth-order valence-electron chi connectivity index (χ4n) is 3.98. The van der Waals surface area contributed by atoms with Gasteiger partial charge in [-0.25, -0.2) is 15.0 Å². The number of aromatic nitrogens is 3. The van der Waals surface area contributed by atoms with Crippen molar-refractivity contribution < 1.29 is 9.47 Å². The molecule has 3 aromatic rings. The Morgan fingerprint density at radius 2 is 2.10 bits per heavy atom. The smallest absolute Gasteiger partial charge is 0.147 e. The van der Waals surface area contributed by atoms with E-state index in [2.05, 4.69) is 43.0 Å². The molecule has 0 spiro atoms. The molecular weight excluding hydrogens is 384 g/mol. The third kappa shape index (κ3) is 4.09. The molecule has 0 unspecified atom stereocenters. The van der Waals surface area contributed by atoms with Crippen LogP contribution < -0.4 is 5.32 Å². The second kappa shape index (κ2) is 8.13. The second-order valence-electron chi connectivity index (χ2n) is 8.79. The van der Waals surface area contributed by atoms with Gasteiger partial charge in [-0.3, -0.25) is 0 Å². The Morgan fingerprint density at radius 3 is 2.86 bits per heavy atom. The summed E-state index contributed by atoms with van der Waals surface area (Å²) in [6, 6.07) is 0. The number of methoxy groups -OCH3 is 1. The number of thiophene rings is 1. The minimum Gasteiger partial charge on any atom is -0.385 e. The van der Waals surface area contributed by atoms with Crippen LogP contribution in [-0.2, 0) is 28.9 Å². The molecule has 0 saturated heterocycles. The third-order valence-corrected chi connectivity index (χ3v) is 6.41. The number of ether oxygens (including phenoxy) is 2. The highest BCUT2D eigenvalue weighted by Gasteiger charge is 2.31. The molecule has 0 radical (unpaired) electrons. The zero-order valence-electron chi connectivity index (χ0n) is 18.0. The first-order valence-corrected chi connectivity index (χ1v) is 11.2. The summed E-state index contributed by atoms with van der Waals surface area (Å²) in [6.07, 6.45) is 4.43. The SMILES string of the molecule is COCCCNc1ncnc2c1sc1nc(CC(C)C)c3c(c12)CC(C)(C)OC3. The van der Waals surface area contributed by atoms with Crippen LogP contribution in [0, 0.1) is 5.92 Å². The molecule has 0 bridgehead atoms. The lowest BCUT2D eigenvalue weighted by molar-refractivity contribution is -0.0402. The van der Waals surface area contributed by atoms with Crippen LogP contribution in [0.3, 0.4) is 0 Å². The van der Waals surface area contributed by atoms with Crippen LogP contribution in [0.2, 0.25) is 0 Å². The summed E-state index contributed by atoms with van der Waals surface area (Å²) in [4.78, 5) is 15.3. The number of nitrogens with zero attached hydrogens (tertiary/aromatic N) is 3. The average molecular weight is 415 g/mol. The molecule has 0 saturated carbocycles. The Kier molecular flexibility index (Phi) is 5.73. The maximum atomic E-state index is 6.16. The molecule has 4 heterocycles. The lowest BCUT2D eigenvalue weighted by atomic mass is 9.88. The lowest BCUT2D eigenvalue weighted by Gasteiger charge is -2.33. The van der Waals surface area contributed by atoms with Crippen molar-refractivity contribution in [3.8, 4) is 0 Å². The first kappa shape index (κ1) is 20.4. The van der Waals surface area contributed by atoms with E-state index in [9.17, 15) is 0 Å². The molecule has 1 aliphatic rings. The zero-order valence-corrected chi connectivity index (χ0v) is 18.8. The standard InChI is InChI=1S/C22H30N4O2S/c1-13(2)9-16-15-11-28-22(3,4)10-14(15)17-18-19(29-21(17)26-16)20(25-12-24-18)23-7-6-8-27-5/h12-13H,6-11H2,1-5H3,(H,23,24,25). The van der Waals surface area contributed by atoms with Crippen LogP contribution in [0.25, 0.3) is 20.4 Å². The van der Waals surface area contributed by atoms with E-state index in [1.165, 1.54) is 22.2 Å². The quantitative estimate of drug-likeness (QED) is 0.563. The van der Waals surface area contributed by atoms with Crippen molar-refractivity contribution in [3.63, 3.8) is 0 Å². The van der Waals surface area contributed by atoms with Crippen molar-refractivity contribution in [1.82, 2.24) is 15.0 Å². The molecule has 1 N–H and O–H groups in total. The Hall–Kier alpha value is -1.83. The number of fused-ring (bicyclic) bond motifs is 5. The number of nitrogens with one attached hydrogen (secondary N) is 1. The lowest BCUT2D eigenvalue weighted by Crippen LogP contribution is -2.33. The maximum absolute atomic E-state index is 6.16. The van der Waals surface area contributed by atoms with Crippen LogP contribution in [0.1, 0.15) is 50.9 Å². The van der Waals surface area contributed by atoms with Crippen molar-refractivity contribution in [1.29, 1.82) is 0 Å². The van der Waals surface area contributed by atoms with Crippen LogP contribution in [-0.4, -0.2) is 40.8 Å². The van der Waals surface area contributed by atoms with Gasteiger partial charge in [-0.15, -0.1) is 11.3 Å². The summed E-state index contributed by atoms with van der Waals surface area (Å²) in [5, 5.41) is 4.64. The monoisotopic (exact) mass is 414 g/mol. The average Bonchev–Trinajstić information content (AvgIpc) is 3.03. The molecule has 0 amide bonds. The fourth-order valence-corrected chi connectivity index (χ4v) is 5.12. The highest BCUT2D eigenvalue weighted by molar-refractivity contribution is 7.26. The third-order valence-electron chi connectivity index (χ3n) is 5.33. The van der Waals surface area contributed by atoms with Gasteiger partial charge in [-0.05, 0) is 38.2 Å². The van der Waals surface area contributed by atoms with Crippen LogP contribution in [0.15, 0.2) is 6.33 Å². The van der Waals surface area contributed by atoms with Crippen molar-refractivity contribution in [3.05, 3.63) is 23.1 Å². The fraction of sp³-hybridized carbons (Fsp3) is 0.591. The van der Waals surface area contributed by atoms with Crippen LogP contribution in [0.5, 0.6) is 0 Å². The zero-order chi connectivity index (χ0) is 20.6. The van der Waals surface area contributed by atoms with Gasteiger partial charge in [0.15, 0.2) is 0 Å². The Balaban J connectivity index is 1.86. The minimum atomic E-state index is -0.182. The van der Waals surface area contributed by atoms with Crippen molar-refractivity contribution in [2.24, 2.45) is 5.92 Å². The molecule has 156 valence electrons. The van der Waals surface area contributed by atoms with Gasteiger partial charge in [-0.2, -0.15) is 0 Å². The number of rotatable bonds is 7. The van der Waals surface area contributed by atoms with Gasteiger partial charge in [-0.1, -0.05) is 13.8 Å². The highest BCUT2D eigenvalue weighted by Crippen LogP contribution is 2.42. The predicted molar refractivity (Wildman–Crippen MR) is 119 cm³/mol. The van der Waals surface area contributed by atoms with E-state index in [0.29, 0.717) is 12.5 Å². The molecule has 0 aromatic carbocycles. The van der Waals surface area contributed by atoms with Crippen molar-refractivity contribution in [2.75, 3.05) is 25.6 Å². The van der Waals surface area contributed by atoms with Gasteiger partial charge in [0, 0.05) is 43.3 Å². The molecule has 4 rings (SSSR count). The normalized spacial score (nSPS) is 15.9. The van der Waals surface area contributed by atoms with Crippen LogP contribution in [0.4, 0.5) is 5.82 Å². The molecule has 29 heavy (non-hydrogen) atoms. The van der Waals surface area contributed by atoms with Gasteiger partial charge in [0.05, 0.1) is 22.4 Å². The number of hydrogen-bond acceptors (Lipinski definition) is 7. The molecule has 6 nitrogen and oxygen atoms in total. The van der Waals surface area contributed by atoms with E-state index < -0.39 is 0 Å². The van der Waals surface area contributed by atoms with Crippen LogP contribution >= 0.6 is 11.3 Å². The molecule has 0 atom stereocenters. The van der Waals surface area contributed by atoms with Gasteiger partial charge in [0.1, 0.15) is 17.0 Å². The first-order valence-electron chi connectivity index (χ1n) is 10.3. The van der Waals surface area contributed by atoms with E-state index in [0.717, 1.165) is 53.3 Å². The van der Waals surface area contributed by atoms with Crippen molar-refractivity contribution in [2.45, 2.75) is 59.2 Å². The summed E-state index contributed by atoms with van der Waals surface area (Å²) in [7, 11) is 1.73. The molecule has 7 heteroatoms. The molecule has 1 aliphatic heterocycles. The summed E-state index contributed by atoms with van der Waals surface area (Å²) < 4.78 is 12.4. The summed E-state index contributed by atoms with van der Waals surface area (Å²) in [5.74, 6) is 1.44. The van der Waals surface area contributed by atoms with E-state index >= 15 is 0 Å². The Morgan fingerprint density at radius 1 is 1.28 bits per heavy atom. The summed E-state index contributed by atoms with van der Waals surface area (Å²) in [6.45, 7) is 11.0. The molecular formula is C22H30N4O2S. The number of pyridine rings is 1. The first-order chi connectivity index (χ1) is 13.9. The van der Waals surface area contributed by atoms with Gasteiger partial charge in [0.25, 0.3) is 0 Å². The second-order valence-corrected chi connectivity index (χ2v) is 9.79. The maximum Gasteiger partial charge on any atom is 0.147 e. The minimum absolute atomic E-state index is 0.182. The highest BCUT2D eigenvalue weighted by atomic mass is 32.1. The van der Waals surface area contributed by atoms with E-state index in [-0.39, 0.29) is 5.60 Å². The topological polar surface area (TPSA) is 69.2 Å². The van der Waals surface area contributed by atoms with Gasteiger partial charge >= 0.3 is 0 Å². The molecule has 0 aliphatic carbocycles. The molecule has 3 aromatic heterocycles. The number of anilines is 1. The predicted octanol–water partition coefficient (Wildman–Crippen LogP) is 4.74. The van der Waals surface area contributed by atoms with E-state index in [1.807, 2.05) is 0 Å². The van der Waals surface area contributed by atoms with E-state index in [1.54, 1.807) is 24.8 Å². The largest absolute Gasteiger partial charge is 0.385 e. The summed E-state index contributed by atoms with van der Waals surface area (Å²) in [5.41, 5.74) is 4.62. The Labute approximate surface area is 176 Å². The van der Waals surface area contributed by atoms with E-state index in [4.69, 9.17) is 14.5 Å². The number of hydrogen-bond donors (Lipinski definition) is 1. The molecule has 0 fully saturated rings. The van der Waals surface area contributed by atoms with Crippen molar-refractivity contribution >= 4 is 37.6 Å². The summed E-state index contributed by atoms with van der Waals surface area (Å²) >= 11 is 1.70. The van der Waals surface area contributed by atoms with Gasteiger partial charge in [0.2, 0.25) is 0 Å².